The second-order valence-electron chi connectivity index (χ2n) is 32.7. The molecule has 15 rings (SSSR count). The highest BCUT2D eigenvalue weighted by Gasteiger charge is 2.57. The van der Waals surface area contributed by atoms with Crippen LogP contribution in [0, 0.1) is 10.1 Å². The molecule has 0 spiro atoms. The van der Waals surface area contributed by atoms with Crippen molar-refractivity contribution in [3.8, 4) is 0 Å². The van der Waals surface area contributed by atoms with Gasteiger partial charge in [-0.1, -0.05) is 233 Å². The standard InChI is InChI=1S/C16H20ClNO4.C16H20ClNO3.C11H10ClNO3.C11H12ClNO2.C11H12ClNO.C11H13ClO.C11H11ClO.C6H4BrCl.ClH/c1-15(2,3)22-14(21)18-16(9-8-12(19)13(16)20)10-6-4-5-7-11(10)17;1-15(2,3)21-14(20)18-16(10-6-9-13(16)19)11-7-4-5-8-12(11)17;12-9-5-2-1-4-8(9)11(13(15)16)7-3-6-10(11)14;12-8-4-2-1-3-7(8)11(13)6-5-9(14)10(11)15;12-9-5-2-1-4-8(9)11(13)7-3-6-10(11)14;2*12-10-6-2-1-4-8(10)9-5-3-7-11(9)13;7-5-3-1-2-4-6(5)8;/h4-7,12,19H,8-9H2,1-3H3,(H,18,21);4-5,7-8H,6,9-10H2,1-3H3,(H,18,20);1-2,4-5H,3,6-7H2;1-4,9,14H,5-6,13H2;1-2,4-5H,3,6-7,13H2;1-2,4,6,9,11,13H,3,5,7H2;1-2,4,6,9H,3,5,7H2;1-4H;1H. The van der Waals surface area contributed by atoms with Gasteiger partial charge in [0.2, 0.25) is 5.78 Å². The normalized spacial score (nSPS) is 24.2. The molecule has 0 aliphatic heterocycles. The molecule has 7 aliphatic carbocycles. The van der Waals surface area contributed by atoms with Crippen molar-refractivity contribution in [1.29, 1.82) is 0 Å². The number of rotatable bonds is 10. The largest absolute Gasteiger partial charge is 0.444 e. The van der Waals surface area contributed by atoms with E-state index in [1.54, 1.807) is 139 Å². The highest BCUT2D eigenvalue weighted by atomic mass is 79.9. The lowest BCUT2D eigenvalue weighted by Crippen LogP contribution is -2.52. The summed E-state index contributed by atoms with van der Waals surface area (Å²) >= 11 is 51.4. The number of halogens is 10. The Kier molecular flexibility index (Phi) is 38.3. The molecule has 7 fully saturated rings. The first kappa shape index (κ1) is 103. The molecule has 8 aromatic carbocycles. The predicted molar refractivity (Wildman–Crippen MR) is 490 cm³/mol. The van der Waals surface area contributed by atoms with Gasteiger partial charge in [0.25, 0.3) is 0 Å². The smallest absolute Gasteiger partial charge is 0.408 e. The van der Waals surface area contributed by atoms with Crippen LogP contribution >= 0.6 is 121 Å². The molecule has 660 valence electrons. The lowest BCUT2D eigenvalue weighted by atomic mass is 9.87. The van der Waals surface area contributed by atoms with E-state index in [-0.39, 0.29) is 84.2 Å². The first-order valence-electron chi connectivity index (χ1n) is 40.2. The number of aliphatic hydroxyl groups is 3. The number of carbonyl (C=O) groups excluding carboxylic acids is 8. The summed E-state index contributed by atoms with van der Waals surface area (Å²) in [6.07, 6.45) is 8.44. The number of alkyl carbamates (subject to hydrolysis) is 2. The van der Waals surface area contributed by atoms with Crippen LogP contribution in [0.2, 0.25) is 40.2 Å². The average Bonchev–Trinajstić information content (AvgIpc) is 1.67. The number of nitrogens with zero attached hydrogens (tertiary/aromatic N) is 1. The van der Waals surface area contributed by atoms with Crippen LogP contribution in [0.4, 0.5) is 9.59 Å². The minimum absolute atomic E-state index is 0. The zero-order valence-corrected chi connectivity index (χ0v) is 77.4. The van der Waals surface area contributed by atoms with E-state index in [4.69, 9.17) is 114 Å². The lowest BCUT2D eigenvalue weighted by molar-refractivity contribution is -0.559. The number of hydrogen-bond acceptors (Lipinski definition) is 17. The minimum Gasteiger partial charge on any atom is -0.444 e. The van der Waals surface area contributed by atoms with Crippen LogP contribution in [0.15, 0.2) is 199 Å². The Morgan fingerprint density at radius 3 is 1.17 bits per heavy atom. The maximum Gasteiger partial charge on any atom is 0.408 e. The SMILES string of the molecule is CC(C)(C)OC(=O)NC1(c2ccccc2Cl)CCC(O)C1=O.CC(C)(C)OC(=O)NC1(c2ccccc2Cl)CCCC1=O.Cl.Clc1ccccc1Br.NC1(c2ccccc2Cl)CCC(O)C1=O.NC1(c2ccccc2Cl)CCCC1=O.O=C1CCCC1(c1ccccc1Cl)[N+](=O)[O-].O=C1CCCC1c1ccccc1Cl.OC1CCCC1c1ccccc1Cl. The number of nitro groups is 1. The Balaban J connectivity index is 0.000000195. The van der Waals surface area contributed by atoms with E-state index < -0.39 is 74.0 Å². The minimum atomic E-state index is -1.61. The number of ketones is 6. The van der Waals surface area contributed by atoms with Gasteiger partial charge in [0.15, 0.2) is 23.1 Å². The first-order valence-corrected chi connectivity index (χ1v) is 44.0. The van der Waals surface area contributed by atoms with Gasteiger partial charge >= 0.3 is 17.7 Å². The Hall–Kier alpha value is -7.39. The molecule has 9 N–H and O–H groups in total. The third-order valence-electron chi connectivity index (χ3n) is 22.0. The van der Waals surface area contributed by atoms with E-state index in [2.05, 4.69) is 26.6 Å². The van der Waals surface area contributed by atoms with Crippen molar-refractivity contribution < 1.29 is 68.1 Å². The van der Waals surface area contributed by atoms with Crippen molar-refractivity contribution in [2.45, 2.75) is 233 Å². The van der Waals surface area contributed by atoms with Crippen LogP contribution in [0.3, 0.4) is 0 Å². The number of amides is 2. The summed E-state index contributed by atoms with van der Waals surface area (Å²) in [7, 11) is 0. The van der Waals surface area contributed by atoms with Crippen molar-refractivity contribution in [3.63, 3.8) is 0 Å². The molecule has 7 saturated carbocycles. The fraction of sp³-hybridized carbons (Fsp3) is 0.398. The second-order valence-corrected chi connectivity index (χ2v) is 36.8. The van der Waals surface area contributed by atoms with Gasteiger partial charge in [0.05, 0.1) is 21.7 Å². The topological polar surface area (TPSA) is 335 Å². The van der Waals surface area contributed by atoms with Gasteiger partial charge in [0.1, 0.15) is 51.3 Å². The molecule has 10 atom stereocenters. The van der Waals surface area contributed by atoms with Gasteiger partial charge in [-0.05, 0) is 224 Å². The molecule has 10 unspecified atom stereocenters. The van der Waals surface area contributed by atoms with Gasteiger partial charge < -0.3 is 46.9 Å². The summed E-state index contributed by atoms with van der Waals surface area (Å²) in [4.78, 5) is 107. The molecule has 0 aromatic heterocycles. The van der Waals surface area contributed by atoms with E-state index in [1.165, 1.54) is 0 Å². The summed E-state index contributed by atoms with van der Waals surface area (Å²) in [5.41, 5.74) is 9.75. The molecule has 0 radical (unpaired) electrons. The van der Waals surface area contributed by atoms with Gasteiger partial charge in [-0.15, -0.1) is 12.4 Å². The number of nitrogens with one attached hydrogen (secondary N) is 2. The summed E-state index contributed by atoms with van der Waals surface area (Å²) in [6.45, 7) is 10.6. The van der Waals surface area contributed by atoms with Gasteiger partial charge in [-0.25, -0.2) is 9.59 Å². The number of nitrogens with two attached hydrogens (primary N) is 2. The van der Waals surface area contributed by atoms with E-state index in [0.29, 0.717) is 93.1 Å². The van der Waals surface area contributed by atoms with Crippen LogP contribution in [-0.4, -0.2) is 96.6 Å². The van der Waals surface area contributed by atoms with Crippen molar-refractivity contribution in [3.05, 3.63) is 288 Å². The molecule has 2 amide bonds. The predicted octanol–water partition coefficient (Wildman–Crippen LogP) is 22.3. The van der Waals surface area contributed by atoms with E-state index in [9.17, 15) is 63.8 Å². The first-order chi connectivity index (χ1) is 57.6. The molecule has 30 heteroatoms. The Morgan fingerprint density at radius 2 is 0.813 bits per heavy atom. The molecule has 0 bridgehead atoms. The number of aliphatic hydroxyl groups excluding tert-OH is 3. The number of benzene rings is 8. The quantitative estimate of drug-likeness (QED) is 0.0494. The second kappa shape index (κ2) is 45.9. The molecular weight excluding hydrogens is 1830 g/mol. The highest BCUT2D eigenvalue weighted by molar-refractivity contribution is 9.10. The molecule has 20 nitrogen and oxygen atoms in total. The van der Waals surface area contributed by atoms with Crippen molar-refractivity contribution >= 4 is 168 Å². The zero-order valence-electron chi connectivity index (χ0n) is 68.9. The summed E-state index contributed by atoms with van der Waals surface area (Å²) < 4.78 is 11.5. The van der Waals surface area contributed by atoms with Crippen LogP contribution in [0.25, 0.3) is 0 Å². The maximum absolute atomic E-state index is 12.5. The van der Waals surface area contributed by atoms with Crippen LogP contribution < -0.4 is 22.1 Å². The molecular formula is C93H103BrCl9N5O15. The third-order valence-corrected chi connectivity index (χ3v) is 25.6. The van der Waals surface area contributed by atoms with Crippen molar-refractivity contribution in [1.82, 2.24) is 10.6 Å². The number of hydrogen-bond donors (Lipinski definition) is 7. The molecule has 7 aliphatic rings. The van der Waals surface area contributed by atoms with Gasteiger partial charge in [0, 0.05) is 94.6 Å². The summed E-state index contributed by atoms with van der Waals surface area (Å²) in [5, 5.41) is 50.0. The van der Waals surface area contributed by atoms with Crippen LogP contribution in [0.5, 0.6) is 0 Å². The Labute approximate surface area is 772 Å². The Morgan fingerprint density at radius 1 is 0.423 bits per heavy atom. The summed E-state index contributed by atoms with van der Waals surface area (Å²) in [5.74, 6) is -0.407. The number of ether oxygens (including phenoxy) is 2. The van der Waals surface area contributed by atoms with Crippen molar-refractivity contribution in [2.75, 3.05) is 0 Å². The monoisotopic (exact) mass is 1920 g/mol. The van der Waals surface area contributed by atoms with Gasteiger partial charge in [-0.2, -0.15) is 0 Å². The van der Waals surface area contributed by atoms with E-state index in [0.717, 1.165) is 87.6 Å². The fourth-order valence-electron chi connectivity index (χ4n) is 15.9. The van der Waals surface area contributed by atoms with Gasteiger partial charge in [-0.3, -0.25) is 38.9 Å². The lowest BCUT2D eigenvalue weighted by Gasteiger charge is -2.31. The number of carbonyl (C=O) groups is 8. The molecule has 0 saturated heterocycles. The Bertz CT molecular complexity index is 5030. The van der Waals surface area contributed by atoms with Crippen LogP contribution in [-0.2, 0) is 65.9 Å². The zero-order chi connectivity index (χ0) is 89.7. The van der Waals surface area contributed by atoms with E-state index >= 15 is 0 Å². The average molecular weight is 1930 g/mol. The number of Topliss-reactive ketones (excluding diaryl/α,β-unsaturated/α-hetero) is 6. The molecule has 123 heavy (non-hydrogen) atoms. The molecule has 8 aromatic rings. The van der Waals surface area contributed by atoms with Crippen LogP contribution in [0.1, 0.15) is 214 Å². The summed E-state index contributed by atoms with van der Waals surface area (Å²) in [6, 6.07) is 57.7. The maximum atomic E-state index is 12.5. The van der Waals surface area contributed by atoms with E-state index in [1.807, 2.05) is 97.1 Å². The third kappa shape index (κ3) is 26.2. The molecule has 0 heterocycles. The highest BCUT2D eigenvalue weighted by Crippen LogP contribution is 2.46. The fourth-order valence-corrected chi connectivity index (χ4v) is 18.4. The van der Waals surface area contributed by atoms with Crippen molar-refractivity contribution in [2.24, 2.45) is 11.5 Å².